The number of hydrogen-bond donors (Lipinski definition) is 1. The Bertz CT molecular complexity index is 1320. The topological polar surface area (TPSA) is 75.7 Å². The number of imide groups is 1. The highest BCUT2D eigenvalue weighted by atomic mass is 35.5. The van der Waals surface area contributed by atoms with Gasteiger partial charge in [0.05, 0.1) is 23.4 Å². The van der Waals surface area contributed by atoms with E-state index in [4.69, 9.17) is 16.3 Å². The van der Waals surface area contributed by atoms with E-state index in [9.17, 15) is 18.8 Å². The molecular weight excluding hydrogens is 479 g/mol. The Morgan fingerprint density at radius 3 is 2.29 bits per heavy atom. The molecule has 34 heavy (non-hydrogen) atoms. The van der Waals surface area contributed by atoms with Crippen molar-refractivity contribution in [3.63, 3.8) is 0 Å². The van der Waals surface area contributed by atoms with Gasteiger partial charge in [0.2, 0.25) is 0 Å². The fourth-order valence-corrected chi connectivity index (χ4v) is 4.36. The van der Waals surface area contributed by atoms with Gasteiger partial charge >= 0.3 is 5.97 Å². The van der Waals surface area contributed by atoms with E-state index in [0.717, 1.165) is 27.1 Å². The van der Waals surface area contributed by atoms with Crippen LogP contribution < -0.4 is 10.2 Å². The summed E-state index contributed by atoms with van der Waals surface area (Å²) in [5.74, 6) is -2.26. The van der Waals surface area contributed by atoms with E-state index in [1.54, 1.807) is 0 Å². The molecule has 0 saturated carbocycles. The molecule has 1 heterocycles. The summed E-state index contributed by atoms with van der Waals surface area (Å²) in [6, 6.07) is 17.4. The van der Waals surface area contributed by atoms with Crippen molar-refractivity contribution in [2.24, 2.45) is 0 Å². The summed E-state index contributed by atoms with van der Waals surface area (Å²) in [7, 11) is 1.27. The van der Waals surface area contributed by atoms with Crippen molar-refractivity contribution in [2.75, 3.05) is 17.3 Å². The summed E-state index contributed by atoms with van der Waals surface area (Å²) in [4.78, 5) is 40.5. The average Bonchev–Trinajstić information content (AvgIpc) is 3.06. The summed E-state index contributed by atoms with van der Waals surface area (Å²) < 4.78 is 18.3. The van der Waals surface area contributed by atoms with Crippen LogP contribution in [0.25, 0.3) is 0 Å². The number of ether oxygens (including phenoxy) is 1. The minimum atomic E-state index is -0.600. The zero-order valence-corrected chi connectivity index (χ0v) is 19.7. The van der Waals surface area contributed by atoms with Gasteiger partial charge in [-0.05, 0) is 61.5 Å². The molecule has 3 aromatic rings. The fraction of sp³-hybridized carbons (Fsp3) is 0.0800. The molecular formula is C25H18ClFN2O4S. The van der Waals surface area contributed by atoms with Crippen molar-refractivity contribution in [1.29, 1.82) is 0 Å². The van der Waals surface area contributed by atoms with E-state index < -0.39 is 23.6 Å². The molecule has 6 nitrogen and oxygen atoms in total. The standard InChI is InChI=1S/C25H18ClFN2O4S/c1-14-3-10-18(11-4-14)34-22-21(28-16-7-12-20(27)19(26)13-16)23(30)29(24(22)31)17-8-5-15(6-9-17)25(32)33-2/h3-13,28H,1-2H3. The zero-order chi connectivity index (χ0) is 24.4. The molecule has 0 spiro atoms. The molecule has 0 aromatic heterocycles. The van der Waals surface area contributed by atoms with Crippen molar-refractivity contribution in [2.45, 2.75) is 11.8 Å². The van der Waals surface area contributed by atoms with Gasteiger partial charge in [0, 0.05) is 10.6 Å². The lowest BCUT2D eigenvalue weighted by Gasteiger charge is -2.15. The highest BCUT2D eigenvalue weighted by Gasteiger charge is 2.40. The number of aryl methyl sites for hydroxylation is 1. The minimum absolute atomic E-state index is 0.0373. The van der Waals surface area contributed by atoms with Gasteiger partial charge in [-0.3, -0.25) is 9.59 Å². The predicted molar refractivity (Wildman–Crippen MR) is 129 cm³/mol. The van der Waals surface area contributed by atoms with Gasteiger partial charge in [-0.2, -0.15) is 0 Å². The second-order valence-corrected chi connectivity index (χ2v) is 8.85. The third-order valence-electron chi connectivity index (χ3n) is 5.02. The number of hydrogen-bond acceptors (Lipinski definition) is 6. The first-order chi connectivity index (χ1) is 16.3. The minimum Gasteiger partial charge on any atom is -0.465 e. The zero-order valence-electron chi connectivity index (χ0n) is 18.1. The number of carbonyl (C=O) groups is 3. The number of carbonyl (C=O) groups excluding carboxylic acids is 3. The Balaban J connectivity index is 1.72. The van der Waals surface area contributed by atoms with Crippen LogP contribution >= 0.6 is 23.4 Å². The first kappa shape index (κ1) is 23.5. The second kappa shape index (κ2) is 9.70. The lowest BCUT2D eigenvalue weighted by molar-refractivity contribution is -0.120. The summed E-state index contributed by atoms with van der Waals surface area (Å²) in [5, 5.41) is 2.81. The lowest BCUT2D eigenvalue weighted by atomic mass is 10.2. The Morgan fingerprint density at radius 2 is 1.68 bits per heavy atom. The molecule has 0 atom stereocenters. The average molecular weight is 497 g/mol. The lowest BCUT2D eigenvalue weighted by Crippen LogP contribution is -2.32. The molecule has 172 valence electrons. The smallest absolute Gasteiger partial charge is 0.337 e. The van der Waals surface area contributed by atoms with Gasteiger partial charge in [-0.1, -0.05) is 41.1 Å². The molecule has 1 aliphatic rings. The van der Waals surface area contributed by atoms with E-state index in [0.29, 0.717) is 11.4 Å². The molecule has 0 saturated heterocycles. The van der Waals surface area contributed by atoms with Gasteiger partial charge < -0.3 is 10.1 Å². The highest BCUT2D eigenvalue weighted by molar-refractivity contribution is 8.04. The first-order valence-electron chi connectivity index (χ1n) is 10.1. The second-order valence-electron chi connectivity index (χ2n) is 7.36. The molecule has 0 radical (unpaired) electrons. The Hall–Kier alpha value is -3.62. The number of amides is 2. The summed E-state index contributed by atoms with van der Waals surface area (Å²) in [6.45, 7) is 1.95. The number of anilines is 2. The van der Waals surface area contributed by atoms with Crippen LogP contribution in [0.1, 0.15) is 15.9 Å². The molecule has 1 N–H and O–H groups in total. The molecule has 1 aliphatic heterocycles. The molecule has 0 fully saturated rings. The SMILES string of the molecule is COC(=O)c1ccc(N2C(=O)C(Nc3ccc(F)c(Cl)c3)=C(Sc3ccc(C)cc3)C2=O)cc1. The van der Waals surface area contributed by atoms with Crippen molar-refractivity contribution in [3.05, 3.63) is 99.3 Å². The molecule has 0 aliphatic carbocycles. The van der Waals surface area contributed by atoms with Crippen molar-refractivity contribution >= 4 is 52.5 Å². The van der Waals surface area contributed by atoms with Gasteiger partial charge in [-0.25, -0.2) is 14.1 Å². The van der Waals surface area contributed by atoms with Crippen LogP contribution in [0.5, 0.6) is 0 Å². The number of benzene rings is 3. The Kier molecular flexibility index (Phi) is 6.72. The van der Waals surface area contributed by atoms with E-state index in [1.165, 1.54) is 49.6 Å². The monoisotopic (exact) mass is 496 g/mol. The largest absolute Gasteiger partial charge is 0.465 e. The summed E-state index contributed by atoms with van der Waals surface area (Å²) >= 11 is 7.03. The quantitative estimate of drug-likeness (QED) is 0.355. The van der Waals surface area contributed by atoms with Gasteiger partial charge in [0.1, 0.15) is 16.4 Å². The Labute approximate surface area is 204 Å². The molecule has 2 amide bonds. The summed E-state index contributed by atoms with van der Waals surface area (Å²) in [5.41, 5.74) is 2.02. The number of halogens is 2. The Morgan fingerprint density at radius 1 is 1.00 bits per heavy atom. The molecule has 4 rings (SSSR count). The highest BCUT2D eigenvalue weighted by Crippen LogP contribution is 2.38. The first-order valence-corrected chi connectivity index (χ1v) is 11.3. The van der Waals surface area contributed by atoms with Crippen LogP contribution in [-0.2, 0) is 14.3 Å². The van der Waals surface area contributed by atoms with E-state index in [1.807, 2.05) is 31.2 Å². The maximum atomic E-state index is 13.6. The van der Waals surface area contributed by atoms with E-state index >= 15 is 0 Å². The third kappa shape index (κ3) is 4.69. The molecule has 9 heteroatoms. The number of rotatable bonds is 6. The normalized spacial score (nSPS) is 13.5. The number of nitrogens with one attached hydrogen (secondary N) is 1. The van der Waals surface area contributed by atoms with Crippen LogP contribution in [0.2, 0.25) is 5.02 Å². The van der Waals surface area contributed by atoms with Crippen LogP contribution in [0.4, 0.5) is 15.8 Å². The van der Waals surface area contributed by atoms with Crippen LogP contribution in [0, 0.1) is 12.7 Å². The van der Waals surface area contributed by atoms with Crippen LogP contribution in [0.15, 0.2) is 82.2 Å². The van der Waals surface area contributed by atoms with Crippen molar-refractivity contribution < 1.29 is 23.5 Å². The van der Waals surface area contributed by atoms with Crippen molar-refractivity contribution in [1.82, 2.24) is 0 Å². The van der Waals surface area contributed by atoms with Gasteiger partial charge in [-0.15, -0.1) is 0 Å². The van der Waals surface area contributed by atoms with Gasteiger partial charge in [0.15, 0.2) is 0 Å². The number of nitrogens with zero attached hydrogens (tertiary/aromatic N) is 1. The van der Waals surface area contributed by atoms with E-state index in [2.05, 4.69) is 5.32 Å². The predicted octanol–water partition coefficient (Wildman–Crippen LogP) is 5.56. The summed E-state index contributed by atoms with van der Waals surface area (Å²) in [6.07, 6.45) is 0. The molecule has 3 aromatic carbocycles. The molecule has 0 unspecified atom stereocenters. The molecule has 0 bridgehead atoms. The fourth-order valence-electron chi connectivity index (χ4n) is 3.26. The maximum Gasteiger partial charge on any atom is 0.337 e. The number of thioether (sulfide) groups is 1. The van der Waals surface area contributed by atoms with Crippen LogP contribution in [-0.4, -0.2) is 24.9 Å². The number of methoxy groups -OCH3 is 1. The van der Waals surface area contributed by atoms with E-state index in [-0.39, 0.29) is 21.2 Å². The van der Waals surface area contributed by atoms with Crippen molar-refractivity contribution in [3.8, 4) is 0 Å². The van der Waals surface area contributed by atoms with Crippen LogP contribution in [0.3, 0.4) is 0 Å². The maximum absolute atomic E-state index is 13.6. The number of esters is 1. The third-order valence-corrected chi connectivity index (χ3v) is 6.40. The van der Waals surface area contributed by atoms with Gasteiger partial charge in [0.25, 0.3) is 11.8 Å².